The molecule has 188 valence electrons. The molecule has 1 fully saturated rings. The third-order valence-corrected chi connectivity index (χ3v) is 9.80. The largest absolute Gasteiger partial charge is 0.339 e. The van der Waals surface area contributed by atoms with E-state index >= 15 is 4.57 Å². The summed E-state index contributed by atoms with van der Waals surface area (Å²) in [6.07, 6.45) is 2.46. The molecule has 4 rings (SSSR count). The van der Waals surface area contributed by atoms with Gasteiger partial charge in [-0.1, -0.05) is 118 Å². The van der Waals surface area contributed by atoms with Crippen molar-refractivity contribution in [1.29, 1.82) is 0 Å². The maximum atomic E-state index is 15.1. The van der Waals surface area contributed by atoms with E-state index in [1.54, 1.807) is 6.08 Å². The minimum atomic E-state index is -3.96. The molecule has 0 saturated carbocycles. The molecule has 0 aliphatic carbocycles. The van der Waals surface area contributed by atoms with Crippen molar-refractivity contribution in [3.05, 3.63) is 120 Å². The van der Waals surface area contributed by atoms with Crippen LogP contribution >= 0.6 is 7.52 Å². The fraction of sp³-hybridized carbons (Fsp3) is 0.323. The van der Waals surface area contributed by atoms with Crippen molar-refractivity contribution >= 4 is 13.0 Å². The Morgan fingerprint density at radius 3 is 1.72 bits per heavy atom. The molecule has 3 aromatic rings. The van der Waals surface area contributed by atoms with Crippen LogP contribution in [0.1, 0.15) is 43.9 Å². The highest BCUT2D eigenvalue weighted by Gasteiger charge is 2.56. The van der Waals surface area contributed by atoms with Gasteiger partial charge in [0.05, 0.1) is 6.61 Å². The lowest BCUT2D eigenvalue weighted by Gasteiger charge is -2.50. The van der Waals surface area contributed by atoms with Crippen molar-refractivity contribution in [2.45, 2.75) is 32.7 Å². The summed E-state index contributed by atoms with van der Waals surface area (Å²) >= 11 is 0. The Balaban J connectivity index is 2.05. The van der Waals surface area contributed by atoms with Crippen LogP contribution in [0.15, 0.2) is 104 Å². The second-order valence-electron chi connectivity index (χ2n) is 9.84. The Morgan fingerprint density at radius 2 is 1.33 bits per heavy atom. The van der Waals surface area contributed by atoms with Crippen molar-refractivity contribution in [3.63, 3.8) is 0 Å². The van der Waals surface area contributed by atoms with E-state index in [-0.39, 0.29) is 17.4 Å². The van der Waals surface area contributed by atoms with Crippen LogP contribution in [0.5, 0.6) is 0 Å². The zero-order valence-corrected chi connectivity index (χ0v) is 22.3. The normalized spacial score (nSPS) is 20.6. The zero-order chi connectivity index (χ0) is 25.8. The summed E-state index contributed by atoms with van der Waals surface area (Å²) in [6, 6.07) is 30.2. The van der Waals surface area contributed by atoms with Gasteiger partial charge >= 0.3 is 7.52 Å². The minimum absolute atomic E-state index is 0.0109. The van der Waals surface area contributed by atoms with Crippen LogP contribution in [0.3, 0.4) is 0 Å². The first-order chi connectivity index (χ1) is 17.4. The van der Waals surface area contributed by atoms with Gasteiger partial charge in [0.25, 0.3) is 0 Å². The minimum Gasteiger partial charge on any atom is -0.312 e. The number of benzene rings is 3. The average molecular weight is 502 g/mol. The maximum Gasteiger partial charge on any atom is 0.339 e. The van der Waals surface area contributed by atoms with E-state index in [2.05, 4.69) is 43.0 Å². The molecule has 5 heteroatoms. The molecule has 3 atom stereocenters. The molecule has 0 radical (unpaired) electrons. The molecule has 1 saturated heterocycles. The quantitative estimate of drug-likeness (QED) is 0.173. The van der Waals surface area contributed by atoms with Gasteiger partial charge in [0, 0.05) is 12.5 Å². The molecule has 1 heterocycles. The molecule has 36 heavy (non-hydrogen) atoms. The molecular formula is C31H36NO3P. The summed E-state index contributed by atoms with van der Waals surface area (Å²) in [6.45, 7) is 10.7. The van der Waals surface area contributed by atoms with Gasteiger partial charge in [0.2, 0.25) is 5.52 Å². The van der Waals surface area contributed by atoms with Crippen LogP contribution in [0, 0.1) is 17.8 Å². The van der Waals surface area contributed by atoms with E-state index in [0.717, 1.165) is 16.7 Å². The van der Waals surface area contributed by atoms with Crippen LogP contribution in [0.2, 0.25) is 0 Å². The van der Waals surface area contributed by atoms with Gasteiger partial charge in [0.1, 0.15) is 5.54 Å². The summed E-state index contributed by atoms with van der Waals surface area (Å²) in [5.74, 6) is -0.604. The topological polar surface area (TPSA) is 46.6 Å². The Hall–Kier alpha value is -2.78. The van der Waals surface area contributed by atoms with Crippen molar-refractivity contribution in [2.24, 2.45) is 17.8 Å². The highest BCUT2D eigenvalue weighted by Crippen LogP contribution is 2.64. The molecule has 0 amide bonds. The van der Waals surface area contributed by atoms with Crippen LogP contribution in [-0.4, -0.2) is 23.3 Å². The fourth-order valence-electron chi connectivity index (χ4n) is 5.59. The Bertz CT molecular complexity index is 1110. The Labute approximate surface area is 215 Å². The van der Waals surface area contributed by atoms with Gasteiger partial charge in [-0.05, 0) is 34.9 Å². The monoisotopic (exact) mass is 501 g/mol. The Morgan fingerprint density at radius 1 is 0.889 bits per heavy atom. The number of nitrogens with zero attached hydrogens (tertiary/aromatic N) is 1. The second-order valence-corrected chi connectivity index (χ2v) is 12.1. The second kappa shape index (κ2) is 11.1. The number of carbonyl (C=O) groups is 1. The summed E-state index contributed by atoms with van der Waals surface area (Å²) in [5.41, 5.74) is 1.53. The van der Waals surface area contributed by atoms with Crippen molar-refractivity contribution < 1.29 is 13.9 Å². The number of hydrogen-bond acceptors (Lipinski definition) is 3. The van der Waals surface area contributed by atoms with Crippen LogP contribution in [-0.2, 0) is 19.4 Å². The first-order valence-electron chi connectivity index (χ1n) is 12.7. The first-order valence-corrected chi connectivity index (χ1v) is 14.3. The van der Waals surface area contributed by atoms with Crippen LogP contribution in [0.4, 0.5) is 0 Å². The molecule has 1 aliphatic heterocycles. The van der Waals surface area contributed by atoms with Gasteiger partial charge in [-0.3, -0.25) is 9.36 Å². The molecule has 0 bridgehead atoms. The molecule has 1 aliphatic rings. The van der Waals surface area contributed by atoms with E-state index in [1.165, 1.54) is 0 Å². The van der Waals surface area contributed by atoms with Crippen LogP contribution < -0.4 is 0 Å². The van der Waals surface area contributed by atoms with Crippen molar-refractivity contribution in [1.82, 2.24) is 4.67 Å². The van der Waals surface area contributed by atoms with Gasteiger partial charge < -0.3 is 4.52 Å². The average Bonchev–Trinajstić information content (AvgIpc) is 2.91. The standard InChI is InChI=1S/C31H36NO3P/c1-5-25(4)29(24(2)3)30(33)36(34)32(22-15-23-35-36)31(26-16-9-6-10-17-26,27-18-11-7-12-19-27)28-20-13-8-14-21-28/h5-14,16-21,24-25,29H,1,15,22-23H2,2-4H3/t25-,29-,36+/m1/s1. The zero-order valence-electron chi connectivity index (χ0n) is 21.4. The highest BCUT2D eigenvalue weighted by atomic mass is 31.2. The molecule has 0 N–H and O–H groups in total. The predicted molar refractivity (Wildman–Crippen MR) is 147 cm³/mol. The van der Waals surface area contributed by atoms with E-state index in [9.17, 15) is 4.79 Å². The highest BCUT2D eigenvalue weighted by molar-refractivity contribution is 7.74. The third-order valence-electron chi connectivity index (χ3n) is 7.28. The lowest BCUT2D eigenvalue weighted by Crippen LogP contribution is -2.50. The lowest BCUT2D eigenvalue weighted by atomic mass is 9.77. The van der Waals surface area contributed by atoms with E-state index in [1.807, 2.05) is 80.0 Å². The number of allylic oxidation sites excluding steroid dienone is 1. The summed E-state index contributed by atoms with van der Waals surface area (Å²) in [7, 11) is -3.96. The summed E-state index contributed by atoms with van der Waals surface area (Å²) in [5, 5.41) is 0. The molecule has 0 aromatic heterocycles. The third kappa shape index (κ3) is 4.54. The Kier molecular flexibility index (Phi) is 8.10. The summed E-state index contributed by atoms with van der Waals surface area (Å²) in [4.78, 5) is 14.3. The molecule has 3 aromatic carbocycles. The van der Waals surface area contributed by atoms with Crippen LogP contribution in [0.25, 0.3) is 0 Å². The first kappa shape index (κ1) is 26.3. The van der Waals surface area contributed by atoms with E-state index < -0.39 is 19.0 Å². The van der Waals surface area contributed by atoms with E-state index in [4.69, 9.17) is 4.52 Å². The maximum absolute atomic E-state index is 15.1. The predicted octanol–water partition coefficient (Wildman–Crippen LogP) is 7.51. The van der Waals surface area contributed by atoms with Crippen molar-refractivity contribution in [3.8, 4) is 0 Å². The number of rotatable bonds is 9. The summed E-state index contributed by atoms with van der Waals surface area (Å²) < 4.78 is 23.1. The molecule has 4 nitrogen and oxygen atoms in total. The molecular weight excluding hydrogens is 465 g/mol. The molecule has 0 unspecified atom stereocenters. The fourth-order valence-corrected chi connectivity index (χ4v) is 8.53. The van der Waals surface area contributed by atoms with Gasteiger partial charge in [-0.2, -0.15) is 0 Å². The van der Waals surface area contributed by atoms with Gasteiger partial charge in [0.15, 0.2) is 0 Å². The van der Waals surface area contributed by atoms with Crippen molar-refractivity contribution in [2.75, 3.05) is 13.2 Å². The smallest absolute Gasteiger partial charge is 0.312 e. The van der Waals surface area contributed by atoms with Gasteiger partial charge in [-0.15, -0.1) is 6.58 Å². The van der Waals surface area contributed by atoms with Gasteiger partial charge in [-0.25, -0.2) is 4.67 Å². The SMILES string of the molecule is C=C[C@@H](C)[C@H](C(=O)[P@]1(=O)OCCCN1C(c1ccccc1)(c1ccccc1)c1ccccc1)C(C)C. The number of carbonyl (C=O) groups excluding carboxylic acids is 1. The molecule has 0 spiro atoms. The lowest BCUT2D eigenvalue weighted by molar-refractivity contribution is -0.119. The van der Waals surface area contributed by atoms with E-state index in [0.29, 0.717) is 19.6 Å². The number of hydrogen-bond donors (Lipinski definition) is 0.